The lowest BCUT2D eigenvalue weighted by Crippen LogP contribution is -2.22. The fourth-order valence-electron chi connectivity index (χ4n) is 3.38. The molecule has 0 saturated carbocycles. The lowest BCUT2D eigenvalue weighted by Gasteiger charge is -2.11. The van der Waals surface area contributed by atoms with Crippen LogP contribution in [0.2, 0.25) is 0 Å². The molecule has 3 aromatic carbocycles. The first-order valence-corrected chi connectivity index (χ1v) is 12.9. The Hall–Kier alpha value is -3.89. The Kier molecular flexibility index (Phi) is 8.42. The number of amides is 2. The van der Waals surface area contributed by atoms with E-state index in [1.807, 2.05) is 17.5 Å². The highest BCUT2D eigenvalue weighted by molar-refractivity contribution is 8.00. The number of benzene rings is 3. The maximum Gasteiger partial charge on any atom is 0.258 e. The Morgan fingerprint density at radius 3 is 2.41 bits per heavy atom. The Morgan fingerprint density at radius 1 is 0.973 bits per heavy atom. The summed E-state index contributed by atoms with van der Waals surface area (Å²) in [6.45, 7) is 1.80. The van der Waals surface area contributed by atoms with Crippen LogP contribution in [0.1, 0.15) is 17.3 Å². The molecule has 2 N–H and O–H groups in total. The van der Waals surface area contributed by atoms with E-state index in [0.29, 0.717) is 22.3 Å². The standard InChI is InChI=1S/C27H24FN3O4S2/c1-16(37-19-11-9-18(10-12-19)29-26(33)20-6-4-5-7-21(20)28)25(32)31-27-30-22(15-36-27)17-8-13-23(34-2)24(14-17)35-3/h4-16H,1-3H3,(H,29,33)(H,30,31,32). The minimum absolute atomic E-state index is 0.0253. The van der Waals surface area contributed by atoms with Crippen molar-refractivity contribution in [3.63, 3.8) is 0 Å². The van der Waals surface area contributed by atoms with Gasteiger partial charge in [0.2, 0.25) is 5.91 Å². The molecule has 1 heterocycles. The van der Waals surface area contributed by atoms with Crippen molar-refractivity contribution in [2.45, 2.75) is 17.1 Å². The zero-order valence-corrected chi connectivity index (χ0v) is 21.9. The van der Waals surface area contributed by atoms with Crippen LogP contribution < -0.4 is 20.1 Å². The van der Waals surface area contributed by atoms with Crippen LogP contribution in [0.4, 0.5) is 15.2 Å². The van der Waals surface area contributed by atoms with Gasteiger partial charge in [-0.05, 0) is 61.5 Å². The van der Waals surface area contributed by atoms with Gasteiger partial charge in [0.15, 0.2) is 16.6 Å². The van der Waals surface area contributed by atoms with E-state index in [1.54, 1.807) is 57.5 Å². The van der Waals surface area contributed by atoms with Gasteiger partial charge < -0.3 is 20.1 Å². The van der Waals surface area contributed by atoms with E-state index in [2.05, 4.69) is 15.6 Å². The normalized spacial score (nSPS) is 11.5. The second-order valence-corrected chi connectivity index (χ2v) is 10.1. The van der Waals surface area contributed by atoms with Crippen LogP contribution in [0.5, 0.6) is 11.5 Å². The zero-order chi connectivity index (χ0) is 26.4. The predicted octanol–water partition coefficient (Wildman–Crippen LogP) is 6.34. The average Bonchev–Trinajstić information content (AvgIpc) is 3.38. The van der Waals surface area contributed by atoms with Crippen molar-refractivity contribution in [3.8, 4) is 22.8 Å². The molecular weight excluding hydrogens is 513 g/mol. The molecule has 4 rings (SSSR count). The molecule has 190 valence electrons. The maximum absolute atomic E-state index is 13.8. The number of rotatable bonds is 9. The summed E-state index contributed by atoms with van der Waals surface area (Å²) in [7, 11) is 3.15. The van der Waals surface area contributed by atoms with Crippen LogP contribution in [0.3, 0.4) is 0 Å². The van der Waals surface area contributed by atoms with E-state index in [1.165, 1.54) is 41.3 Å². The number of aromatic nitrogens is 1. The van der Waals surface area contributed by atoms with E-state index >= 15 is 0 Å². The summed E-state index contributed by atoms with van der Waals surface area (Å²) in [5.74, 6) is -0.0665. The van der Waals surface area contributed by atoms with Crippen molar-refractivity contribution < 1.29 is 23.5 Å². The number of nitrogens with one attached hydrogen (secondary N) is 2. The van der Waals surface area contributed by atoms with Crippen molar-refractivity contribution in [3.05, 3.63) is 83.5 Å². The summed E-state index contributed by atoms with van der Waals surface area (Å²) < 4.78 is 24.4. The molecule has 1 atom stereocenters. The van der Waals surface area contributed by atoms with E-state index in [4.69, 9.17) is 9.47 Å². The van der Waals surface area contributed by atoms with Crippen molar-refractivity contribution in [1.29, 1.82) is 0 Å². The van der Waals surface area contributed by atoms with Gasteiger partial charge in [0.05, 0.1) is 30.7 Å². The van der Waals surface area contributed by atoms with Crippen molar-refractivity contribution in [2.24, 2.45) is 0 Å². The number of nitrogens with zero attached hydrogens (tertiary/aromatic N) is 1. The van der Waals surface area contributed by atoms with Crippen LogP contribution in [0.15, 0.2) is 77.0 Å². The Morgan fingerprint density at radius 2 is 1.70 bits per heavy atom. The largest absolute Gasteiger partial charge is 0.493 e. The Balaban J connectivity index is 1.34. The fourth-order valence-corrected chi connectivity index (χ4v) is 4.97. The predicted molar refractivity (Wildman–Crippen MR) is 145 cm³/mol. The summed E-state index contributed by atoms with van der Waals surface area (Å²) in [5.41, 5.74) is 2.07. The minimum Gasteiger partial charge on any atom is -0.493 e. The SMILES string of the molecule is COc1ccc(-c2csc(NC(=O)C(C)Sc3ccc(NC(=O)c4ccccc4F)cc3)n2)cc1OC. The molecule has 37 heavy (non-hydrogen) atoms. The summed E-state index contributed by atoms with van der Waals surface area (Å²) in [6, 6.07) is 18.3. The summed E-state index contributed by atoms with van der Waals surface area (Å²) >= 11 is 2.71. The highest BCUT2D eigenvalue weighted by Gasteiger charge is 2.17. The van der Waals surface area contributed by atoms with Gasteiger partial charge >= 0.3 is 0 Å². The smallest absolute Gasteiger partial charge is 0.258 e. The number of anilines is 2. The van der Waals surface area contributed by atoms with Gasteiger partial charge in [-0.15, -0.1) is 23.1 Å². The molecule has 2 amide bonds. The maximum atomic E-state index is 13.8. The van der Waals surface area contributed by atoms with Gasteiger partial charge in [0.1, 0.15) is 5.82 Å². The highest BCUT2D eigenvalue weighted by Crippen LogP contribution is 2.34. The van der Waals surface area contributed by atoms with Gasteiger partial charge in [0.25, 0.3) is 5.91 Å². The Labute approximate surface area is 222 Å². The van der Waals surface area contributed by atoms with Crippen molar-refractivity contribution in [2.75, 3.05) is 24.9 Å². The molecule has 0 bridgehead atoms. The summed E-state index contributed by atoms with van der Waals surface area (Å²) in [6.07, 6.45) is 0. The van der Waals surface area contributed by atoms with Gasteiger partial charge in [-0.3, -0.25) is 9.59 Å². The number of thiazole rings is 1. The fraction of sp³-hybridized carbons (Fsp3) is 0.148. The van der Waals surface area contributed by atoms with Crippen LogP contribution >= 0.6 is 23.1 Å². The molecular formula is C27H24FN3O4S2. The third kappa shape index (κ3) is 6.46. The number of thioether (sulfide) groups is 1. The van der Waals surface area contributed by atoms with Crippen LogP contribution in [0, 0.1) is 5.82 Å². The number of halogens is 1. The van der Waals surface area contributed by atoms with Crippen molar-refractivity contribution >= 4 is 45.7 Å². The van der Waals surface area contributed by atoms with Crippen LogP contribution in [-0.2, 0) is 4.79 Å². The molecule has 7 nitrogen and oxygen atoms in total. The molecule has 0 aliphatic rings. The molecule has 1 unspecified atom stereocenters. The first-order valence-electron chi connectivity index (χ1n) is 11.2. The molecule has 0 aliphatic carbocycles. The van der Waals surface area contributed by atoms with E-state index in [9.17, 15) is 14.0 Å². The molecule has 4 aromatic rings. The lowest BCUT2D eigenvalue weighted by molar-refractivity contribution is -0.115. The van der Waals surface area contributed by atoms with Gasteiger partial charge in [-0.1, -0.05) is 12.1 Å². The molecule has 0 saturated heterocycles. The number of methoxy groups -OCH3 is 2. The second-order valence-electron chi connectivity index (χ2n) is 7.82. The van der Waals surface area contributed by atoms with Crippen LogP contribution in [-0.4, -0.2) is 36.3 Å². The third-order valence-electron chi connectivity index (χ3n) is 5.33. The number of hydrogen-bond acceptors (Lipinski definition) is 7. The minimum atomic E-state index is -0.580. The topological polar surface area (TPSA) is 89.6 Å². The third-order valence-corrected chi connectivity index (χ3v) is 7.20. The lowest BCUT2D eigenvalue weighted by atomic mass is 10.1. The summed E-state index contributed by atoms with van der Waals surface area (Å²) in [4.78, 5) is 30.4. The van der Waals surface area contributed by atoms with E-state index in [-0.39, 0.29) is 11.5 Å². The first kappa shape index (κ1) is 26.2. The highest BCUT2D eigenvalue weighted by atomic mass is 32.2. The van der Waals surface area contributed by atoms with E-state index < -0.39 is 17.0 Å². The number of hydrogen-bond donors (Lipinski definition) is 2. The first-order chi connectivity index (χ1) is 17.9. The number of ether oxygens (including phenoxy) is 2. The Bertz CT molecular complexity index is 1410. The number of carbonyl (C=O) groups is 2. The molecule has 0 fully saturated rings. The molecule has 1 aromatic heterocycles. The number of carbonyl (C=O) groups excluding carboxylic acids is 2. The second kappa shape index (κ2) is 11.9. The average molecular weight is 538 g/mol. The van der Waals surface area contributed by atoms with Gasteiger partial charge in [-0.2, -0.15) is 0 Å². The zero-order valence-electron chi connectivity index (χ0n) is 20.3. The summed E-state index contributed by atoms with van der Waals surface area (Å²) in [5, 5.41) is 7.50. The quantitative estimate of drug-likeness (QED) is 0.242. The van der Waals surface area contributed by atoms with Crippen LogP contribution in [0.25, 0.3) is 11.3 Å². The van der Waals surface area contributed by atoms with Crippen molar-refractivity contribution in [1.82, 2.24) is 4.98 Å². The van der Waals surface area contributed by atoms with E-state index in [0.717, 1.165) is 16.2 Å². The molecule has 0 aliphatic heterocycles. The van der Waals surface area contributed by atoms with Gasteiger partial charge in [-0.25, -0.2) is 9.37 Å². The molecule has 0 radical (unpaired) electrons. The molecule has 10 heteroatoms. The monoisotopic (exact) mass is 537 g/mol. The van der Waals surface area contributed by atoms with Gasteiger partial charge in [0, 0.05) is 21.5 Å². The molecule has 0 spiro atoms.